The van der Waals surface area contributed by atoms with Crippen molar-refractivity contribution >= 4 is 28.2 Å². The van der Waals surface area contributed by atoms with E-state index in [1.165, 1.54) is 0 Å². The molecule has 1 aromatic heterocycles. The molecular weight excluding hydrogens is 378 g/mol. The number of fused-ring (bicyclic) bond motifs is 1. The lowest BCUT2D eigenvalue weighted by molar-refractivity contribution is 0.443. The predicted octanol–water partition coefficient (Wildman–Crippen LogP) is 6.18. The van der Waals surface area contributed by atoms with Gasteiger partial charge in [0, 0.05) is 24.0 Å². The van der Waals surface area contributed by atoms with Gasteiger partial charge in [0.15, 0.2) is 0 Å². The largest absolute Gasteiger partial charge is 0.383 e. The van der Waals surface area contributed by atoms with Crippen molar-refractivity contribution in [3.63, 3.8) is 0 Å². The minimum Gasteiger partial charge on any atom is -0.383 e. The van der Waals surface area contributed by atoms with E-state index in [1.807, 2.05) is 42.5 Å². The number of hydrogen-bond donors (Lipinski definition) is 1. The van der Waals surface area contributed by atoms with Crippen LogP contribution < -0.4 is 5.32 Å². The second-order valence-corrected chi connectivity index (χ2v) is 8.79. The van der Waals surface area contributed by atoms with E-state index < -0.39 is 0 Å². The van der Waals surface area contributed by atoms with E-state index in [9.17, 15) is 5.26 Å². The molecule has 0 aliphatic rings. The standard InChI is InChI=1S/C25H24ClN3/c1-5-18(19-9-7-6-8-10-19)11-17-12-21-23(29-16-25(2,3)4)20(14-27)15-28-24(21)22(26)13-17/h1,6-10,12-13,15,18H,11,16H2,2-4H3,(H,28,29)/t18-/m0/s1. The molecule has 0 amide bonds. The summed E-state index contributed by atoms with van der Waals surface area (Å²) < 4.78 is 0. The first-order chi connectivity index (χ1) is 13.8. The van der Waals surface area contributed by atoms with Crippen molar-refractivity contribution in [1.82, 2.24) is 4.98 Å². The van der Waals surface area contributed by atoms with Crippen LogP contribution in [0.5, 0.6) is 0 Å². The highest BCUT2D eigenvalue weighted by molar-refractivity contribution is 6.35. The molecule has 0 radical (unpaired) electrons. The SMILES string of the molecule is C#C[C@@H](Cc1cc(Cl)c2ncc(C#N)c(NCC(C)(C)C)c2c1)c1ccccc1. The highest BCUT2D eigenvalue weighted by Crippen LogP contribution is 2.33. The molecule has 29 heavy (non-hydrogen) atoms. The second-order valence-electron chi connectivity index (χ2n) is 8.38. The van der Waals surface area contributed by atoms with Gasteiger partial charge in [-0.3, -0.25) is 4.98 Å². The summed E-state index contributed by atoms with van der Waals surface area (Å²) in [7, 11) is 0. The molecule has 0 aliphatic heterocycles. The Kier molecular flexibility index (Phi) is 6.12. The molecule has 3 aromatic rings. The summed E-state index contributed by atoms with van der Waals surface area (Å²) in [6.45, 7) is 7.15. The van der Waals surface area contributed by atoms with Crippen LogP contribution >= 0.6 is 11.6 Å². The van der Waals surface area contributed by atoms with E-state index in [0.29, 0.717) is 22.5 Å². The average molecular weight is 402 g/mol. The summed E-state index contributed by atoms with van der Waals surface area (Å²) in [5.41, 5.74) is 4.14. The molecule has 0 saturated heterocycles. The van der Waals surface area contributed by atoms with Crippen LogP contribution in [0.1, 0.15) is 43.4 Å². The van der Waals surface area contributed by atoms with Gasteiger partial charge in [-0.25, -0.2) is 0 Å². The summed E-state index contributed by atoms with van der Waals surface area (Å²) in [5.74, 6) is 2.84. The van der Waals surface area contributed by atoms with Crippen molar-refractivity contribution in [2.24, 2.45) is 5.41 Å². The van der Waals surface area contributed by atoms with Gasteiger partial charge >= 0.3 is 0 Å². The summed E-state index contributed by atoms with van der Waals surface area (Å²) >= 11 is 6.57. The van der Waals surface area contributed by atoms with Crippen LogP contribution in [0.2, 0.25) is 5.02 Å². The van der Waals surface area contributed by atoms with Gasteiger partial charge < -0.3 is 5.32 Å². The molecule has 3 rings (SSSR count). The molecule has 4 heteroatoms. The Bertz CT molecular complexity index is 1100. The van der Waals surface area contributed by atoms with Crippen LogP contribution in [0, 0.1) is 29.1 Å². The maximum Gasteiger partial charge on any atom is 0.103 e. The van der Waals surface area contributed by atoms with E-state index in [4.69, 9.17) is 18.0 Å². The van der Waals surface area contributed by atoms with Crippen LogP contribution in [0.25, 0.3) is 10.9 Å². The quantitative estimate of drug-likeness (QED) is 0.519. The first kappa shape index (κ1) is 20.7. The van der Waals surface area contributed by atoms with E-state index in [2.05, 4.69) is 43.1 Å². The fourth-order valence-corrected chi connectivity index (χ4v) is 3.55. The van der Waals surface area contributed by atoms with Gasteiger partial charge in [0.05, 0.1) is 21.8 Å². The molecular formula is C25H24ClN3. The Morgan fingerprint density at radius 1 is 1.21 bits per heavy atom. The Morgan fingerprint density at radius 3 is 2.55 bits per heavy atom. The Hall–Kier alpha value is -3.01. The molecule has 3 nitrogen and oxygen atoms in total. The molecule has 0 unspecified atom stereocenters. The van der Waals surface area contributed by atoms with Crippen LogP contribution in [0.3, 0.4) is 0 Å². The highest BCUT2D eigenvalue weighted by atomic mass is 35.5. The first-order valence-corrected chi connectivity index (χ1v) is 9.96. The van der Waals surface area contributed by atoms with Crippen LogP contribution in [-0.4, -0.2) is 11.5 Å². The molecule has 0 bridgehead atoms. The Labute approximate surface area is 177 Å². The number of pyridine rings is 1. The number of rotatable bonds is 5. The van der Waals surface area contributed by atoms with E-state index >= 15 is 0 Å². The van der Waals surface area contributed by atoms with Crippen LogP contribution in [0.15, 0.2) is 48.7 Å². The van der Waals surface area contributed by atoms with Crippen molar-refractivity contribution in [1.29, 1.82) is 5.26 Å². The van der Waals surface area contributed by atoms with Gasteiger partial charge in [-0.15, -0.1) is 6.42 Å². The lowest BCUT2D eigenvalue weighted by Crippen LogP contribution is -2.19. The van der Waals surface area contributed by atoms with E-state index in [-0.39, 0.29) is 11.3 Å². The van der Waals surface area contributed by atoms with Crippen molar-refractivity contribution in [3.05, 3.63) is 70.4 Å². The van der Waals surface area contributed by atoms with Gasteiger partial charge in [0.25, 0.3) is 0 Å². The number of nitrogens with zero attached hydrogens (tertiary/aromatic N) is 2. The van der Waals surface area contributed by atoms with Crippen LogP contribution in [-0.2, 0) is 6.42 Å². The third kappa shape index (κ3) is 4.89. The smallest absolute Gasteiger partial charge is 0.103 e. The Balaban J connectivity index is 2.06. The minimum absolute atomic E-state index is 0.0530. The topological polar surface area (TPSA) is 48.7 Å². The zero-order chi connectivity index (χ0) is 21.0. The molecule has 1 N–H and O–H groups in total. The number of nitriles is 1. The third-order valence-corrected chi connectivity index (χ3v) is 5.03. The summed E-state index contributed by atoms with van der Waals surface area (Å²) in [6, 6.07) is 16.3. The maximum absolute atomic E-state index is 9.59. The van der Waals surface area contributed by atoms with Crippen LogP contribution in [0.4, 0.5) is 5.69 Å². The summed E-state index contributed by atoms with van der Waals surface area (Å²) in [4.78, 5) is 4.42. The molecule has 0 fully saturated rings. The second kappa shape index (κ2) is 8.56. The molecule has 0 aliphatic carbocycles. The Morgan fingerprint density at radius 2 is 1.93 bits per heavy atom. The summed E-state index contributed by atoms with van der Waals surface area (Å²) in [5, 5.41) is 14.4. The fourth-order valence-electron chi connectivity index (χ4n) is 3.26. The number of hydrogen-bond acceptors (Lipinski definition) is 3. The average Bonchev–Trinajstić information content (AvgIpc) is 2.70. The molecule has 1 heterocycles. The van der Waals surface area contributed by atoms with Gasteiger partial charge in [-0.05, 0) is 35.1 Å². The number of nitrogens with one attached hydrogen (secondary N) is 1. The third-order valence-electron chi connectivity index (χ3n) is 4.74. The van der Waals surface area contributed by atoms with Gasteiger partial charge in [0.2, 0.25) is 0 Å². The van der Waals surface area contributed by atoms with E-state index in [0.717, 1.165) is 28.7 Å². The monoisotopic (exact) mass is 401 g/mol. The lowest BCUT2D eigenvalue weighted by atomic mass is 9.91. The number of anilines is 1. The molecule has 1 atom stereocenters. The van der Waals surface area contributed by atoms with Crippen molar-refractivity contribution in [2.75, 3.05) is 11.9 Å². The fraction of sp³-hybridized carbons (Fsp3) is 0.280. The van der Waals surface area contributed by atoms with Gasteiger partial charge in [-0.1, -0.05) is 68.6 Å². The lowest BCUT2D eigenvalue weighted by Gasteiger charge is -2.21. The van der Waals surface area contributed by atoms with Crippen molar-refractivity contribution in [3.8, 4) is 18.4 Å². The number of aromatic nitrogens is 1. The molecule has 2 aromatic carbocycles. The molecule has 0 spiro atoms. The highest BCUT2D eigenvalue weighted by Gasteiger charge is 2.17. The normalized spacial score (nSPS) is 12.2. The van der Waals surface area contributed by atoms with E-state index in [1.54, 1.807) is 6.20 Å². The van der Waals surface area contributed by atoms with Crippen molar-refractivity contribution < 1.29 is 0 Å². The van der Waals surface area contributed by atoms with Gasteiger partial charge in [0.1, 0.15) is 6.07 Å². The molecule has 146 valence electrons. The van der Waals surface area contributed by atoms with Gasteiger partial charge in [-0.2, -0.15) is 5.26 Å². The number of halogens is 1. The zero-order valence-electron chi connectivity index (χ0n) is 17.0. The number of terminal acetylenes is 1. The zero-order valence-corrected chi connectivity index (χ0v) is 17.7. The molecule has 0 saturated carbocycles. The maximum atomic E-state index is 9.59. The number of benzene rings is 2. The summed E-state index contributed by atoms with van der Waals surface area (Å²) in [6.07, 6.45) is 8.06. The first-order valence-electron chi connectivity index (χ1n) is 9.58. The minimum atomic E-state index is -0.0530. The van der Waals surface area contributed by atoms with Crippen molar-refractivity contribution in [2.45, 2.75) is 33.1 Å². The predicted molar refractivity (Wildman–Crippen MR) is 121 cm³/mol.